The Labute approximate surface area is 194 Å². The third-order valence-corrected chi connectivity index (χ3v) is 6.61. The second kappa shape index (κ2) is 7.64. The van der Waals surface area contributed by atoms with Crippen LogP contribution < -0.4 is 5.56 Å². The highest BCUT2D eigenvalue weighted by atomic mass is 35.5. The maximum absolute atomic E-state index is 13.8. The van der Waals surface area contributed by atoms with Gasteiger partial charge in [0.05, 0.1) is 29.4 Å². The zero-order valence-electron chi connectivity index (χ0n) is 18.4. The number of ether oxygens (including phenoxy) is 1. The average Bonchev–Trinajstić information content (AvgIpc) is 3.42. The Kier molecular flexibility index (Phi) is 4.71. The molecule has 0 N–H and O–H groups in total. The lowest BCUT2D eigenvalue weighted by atomic mass is 10.2. The minimum atomic E-state index is -0.124. The number of hydrogen-bond donors (Lipinski definition) is 0. The fourth-order valence-electron chi connectivity index (χ4n) is 4.69. The van der Waals surface area contributed by atoms with Gasteiger partial charge in [-0.2, -0.15) is 0 Å². The zero-order chi connectivity index (χ0) is 22.7. The summed E-state index contributed by atoms with van der Waals surface area (Å²) in [6.07, 6.45) is 1.98. The Morgan fingerprint density at radius 1 is 1.06 bits per heavy atom. The minimum absolute atomic E-state index is 0.0242. The molecule has 33 heavy (non-hydrogen) atoms. The van der Waals surface area contributed by atoms with Crippen LogP contribution in [0.5, 0.6) is 0 Å². The minimum Gasteiger partial charge on any atom is -0.376 e. The molecule has 1 atom stereocenters. The average molecular weight is 460 g/mol. The number of aromatic nitrogens is 5. The van der Waals surface area contributed by atoms with Gasteiger partial charge in [0.2, 0.25) is 0 Å². The second-order valence-corrected chi connectivity index (χ2v) is 9.00. The summed E-state index contributed by atoms with van der Waals surface area (Å²) in [7, 11) is 0. The molecule has 3 aromatic heterocycles. The number of halogens is 1. The van der Waals surface area contributed by atoms with Crippen molar-refractivity contribution in [3.05, 3.63) is 69.2 Å². The van der Waals surface area contributed by atoms with Gasteiger partial charge in [0.15, 0.2) is 11.3 Å². The first-order chi connectivity index (χ1) is 16.0. The van der Waals surface area contributed by atoms with Gasteiger partial charge in [-0.1, -0.05) is 29.8 Å². The van der Waals surface area contributed by atoms with Crippen LogP contribution >= 0.6 is 11.6 Å². The summed E-state index contributed by atoms with van der Waals surface area (Å²) in [6, 6.07) is 13.4. The molecule has 7 nitrogen and oxygen atoms in total. The molecule has 1 aliphatic rings. The summed E-state index contributed by atoms with van der Waals surface area (Å²) < 4.78 is 9.42. The summed E-state index contributed by atoms with van der Waals surface area (Å²) in [5.74, 6) is 0.635. The van der Waals surface area contributed by atoms with E-state index in [4.69, 9.17) is 31.3 Å². The number of aryl methyl sites for hydroxylation is 2. The Morgan fingerprint density at radius 2 is 1.85 bits per heavy atom. The van der Waals surface area contributed by atoms with Crippen LogP contribution in [0.15, 0.2) is 47.3 Å². The lowest BCUT2D eigenvalue weighted by Crippen LogP contribution is -2.29. The monoisotopic (exact) mass is 459 g/mol. The standard InChI is InChI=1S/C25H22ClN5O2/c1-14-9-10-16(26)12-20(14)31-23-21(22-24(31)29-19-8-4-3-7-18(19)28-22)25(32)30(15(2)27-23)13-17-6-5-11-33-17/h3-4,7-10,12,17H,5-6,11,13H2,1-2H3/t17-/m0/s1. The van der Waals surface area contributed by atoms with Crippen molar-refractivity contribution in [3.8, 4) is 5.69 Å². The predicted octanol–water partition coefficient (Wildman–Crippen LogP) is 4.73. The van der Waals surface area contributed by atoms with Crippen LogP contribution in [-0.2, 0) is 11.3 Å². The first kappa shape index (κ1) is 20.3. The molecule has 4 heterocycles. The Hall–Kier alpha value is -3.29. The van der Waals surface area contributed by atoms with E-state index in [0.717, 1.165) is 41.7 Å². The Balaban J connectivity index is 1.75. The van der Waals surface area contributed by atoms with Crippen LogP contribution in [0.25, 0.3) is 38.9 Å². The van der Waals surface area contributed by atoms with Gasteiger partial charge in [0.1, 0.15) is 16.7 Å². The van der Waals surface area contributed by atoms with Crippen molar-refractivity contribution in [2.75, 3.05) is 6.61 Å². The molecule has 1 aliphatic heterocycles. The molecule has 0 amide bonds. The summed E-state index contributed by atoms with van der Waals surface area (Å²) >= 11 is 6.36. The topological polar surface area (TPSA) is 74.8 Å². The molecule has 0 spiro atoms. The fraction of sp³-hybridized carbons (Fsp3) is 0.280. The molecule has 2 aromatic carbocycles. The van der Waals surface area contributed by atoms with Crippen molar-refractivity contribution >= 4 is 44.8 Å². The maximum atomic E-state index is 13.8. The van der Waals surface area contributed by atoms with E-state index >= 15 is 0 Å². The molecule has 1 saturated heterocycles. The normalized spacial score (nSPS) is 16.4. The van der Waals surface area contributed by atoms with E-state index < -0.39 is 0 Å². The zero-order valence-corrected chi connectivity index (χ0v) is 19.1. The van der Waals surface area contributed by atoms with Gasteiger partial charge in [0, 0.05) is 11.6 Å². The second-order valence-electron chi connectivity index (χ2n) is 8.56. The SMILES string of the molecule is Cc1ccc(Cl)cc1-n1c2nc3ccccc3nc2c2c(=O)n(C[C@@H]3CCCO3)c(C)nc21. The summed E-state index contributed by atoms with van der Waals surface area (Å²) in [5, 5.41) is 1.06. The highest BCUT2D eigenvalue weighted by Gasteiger charge is 2.25. The van der Waals surface area contributed by atoms with Crippen LogP contribution in [0.2, 0.25) is 5.02 Å². The van der Waals surface area contributed by atoms with Crippen LogP contribution in [-0.4, -0.2) is 36.8 Å². The third-order valence-electron chi connectivity index (χ3n) is 6.38. The van der Waals surface area contributed by atoms with Crippen LogP contribution in [0.1, 0.15) is 24.2 Å². The number of rotatable bonds is 3. The van der Waals surface area contributed by atoms with Gasteiger partial charge in [-0.25, -0.2) is 15.0 Å². The van der Waals surface area contributed by atoms with E-state index in [1.165, 1.54) is 0 Å². The fourth-order valence-corrected chi connectivity index (χ4v) is 4.86. The Morgan fingerprint density at radius 3 is 2.61 bits per heavy atom. The van der Waals surface area contributed by atoms with Gasteiger partial charge < -0.3 is 4.74 Å². The predicted molar refractivity (Wildman–Crippen MR) is 129 cm³/mol. The molecule has 0 unspecified atom stereocenters. The van der Waals surface area contributed by atoms with Gasteiger partial charge in [-0.3, -0.25) is 13.9 Å². The lowest BCUT2D eigenvalue weighted by molar-refractivity contribution is 0.0955. The molecule has 0 saturated carbocycles. The molecule has 0 bridgehead atoms. The van der Waals surface area contributed by atoms with Gasteiger partial charge in [-0.15, -0.1) is 0 Å². The lowest BCUT2D eigenvalue weighted by Gasteiger charge is -2.15. The van der Waals surface area contributed by atoms with E-state index in [0.29, 0.717) is 39.6 Å². The molecular weight excluding hydrogens is 438 g/mol. The van der Waals surface area contributed by atoms with Crippen LogP contribution in [0.4, 0.5) is 0 Å². The molecule has 166 valence electrons. The molecule has 1 fully saturated rings. The smallest absolute Gasteiger partial charge is 0.265 e. The van der Waals surface area contributed by atoms with E-state index in [2.05, 4.69) is 0 Å². The number of hydrogen-bond acceptors (Lipinski definition) is 5. The van der Waals surface area contributed by atoms with E-state index in [9.17, 15) is 4.79 Å². The van der Waals surface area contributed by atoms with Gasteiger partial charge in [0.25, 0.3) is 5.56 Å². The highest BCUT2D eigenvalue weighted by molar-refractivity contribution is 6.30. The number of fused-ring (bicyclic) bond motifs is 4. The molecule has 0 aliphatic carbocycles. The van der Waals surface area contributed by atoms with Gasteiger partial charge in [-0.05, 0) is 56.5 Å². The van der Waals surface area contributed by atoms with Crippen LogP contribution in [0.3, 0.4) is 0 Å². The number of nitrogens with zero attached hydrogens (tertiary/aromatic N) is 5. The summed E-state index contributed by atoms with van der Waals surface area (Å²) in [6.45, 7) is 5.08. The maximum Gasteiger partial charge on any atom is 0.265 e. The van der Waals surface area contributed by atoms with Crippen molar-refractivity contribution in [3.63, 3.8) is 0 Å². The highest BCUT2D eigenvalue weighted by Crippen LogP contribution is 2.31. The molecule has 6 rings (SSSR count). The van der Waals surface area contributed by atoms with Gasteiger partial charge >= 0.3 is 0 Å². The van der Waals surface area contributed by atoms with Crippen molar-refractivity contribution in [1.29, 1.82) is 0 Å². The van der Waals surface area contributed by atoms with Crippen molar-refractivity contribution < 1.29 is 4.74 Å². The summed E-state index contributed by atoms with van der Waals surface area (Å²) in [5.41, 5.74) is 4.86. The first-order valence-corrected chi connectivity index (χ1v) is 11.5. The summed E-state index contributed by atoms with van der Waals surface area (Å²) in [4.78, 5) is 28.5. The van der Waals surface area contributed by atoms with Crippen molar-refractivity contribution in [2.24, 2.45) is 0 Å². The van der Waals surface area contributed by atoms with Crippen molar-refractivity contribution in [2.45, 2.75) is 39.3 Å². The van der Waals surface area contributed by atoms with E-state index in [1.807, 2.05) is 60.9 Å². The molecule has 5 aromatic rings. The number of benzene rings is 2. The number of para-hydroxylation sites is 2. The largest absolute Gasteiger partial charge is 0.376 e. The van der Waals surface area contributed by atoms with E-state index in [1.54, 1.807) is 4.57 Å². The van der Waals surface area contributed by atoms with Crippen LogP contribution in [0, 0.1) is 13.8 Å². The third kappa shape index (κ3) is 3.22. The Bertz CT molecular complexity index is 1620. The van der Waals surface area contributed by atoms with E-state index in [-0.39, 0.29) is 11.7 Å². The molecular formula is C25H22ClN5O2. The quantitative estimate of drug-likeness (QED) is 0.390. The molecule has 8 heteroatoms. The first-order valence-electron chi connectivity index (χ1n) is 11.1. The molecule has 0 radical (unpaired) electrons. The van der Waals surface area contributed by atoms with Crippen molar-refractivity contribution in [1.82, 2.24) is 24.1 Å².